The minimum Gasteiger partial charge on any atom is -0.480 e. The van der Waals surface area contributed by atoms with Gasteiger partial charge in [0.15, 0.2) is 0 Å². The van der Waals surface area contributed by atoms with Crippen molar-refractivity contribution in [3.05, 3.63) is 35.9 Å². The van der Waals surface area contributed by atoms with Crippen LogP contribution in [0.4, 0.5) is 8.78 Å². The molecular formula is C12H16BrF2NO2. The highest BCUT2D eigenvalue weighted by Crippen LogP contribution is 2.25. The highest BCUT2D eigenvalue weighted by molar-refractivity contribution is 8.93. The molecule has 2 N–H and O–H groups in total. The quantitative estimate of drug-likeness (QED) is 0.845. The second-order valence-electron chi connectivity index (χ2n) is 3.90. The SMILES string of the molecule is Br.CNC(CC(F)(F)Cc1ccccc1)C(=O)O. The normalized spacial score (nSPS) is 12.6. The Kier molecular flexibility index (Phi) is 7.01. The fourth-order valence-electron chi connectivity index (χ4n) is 1.58. The van der Waals surface area contributed by atoms with Gasteiger partial charge in [-0.25, -0.2) is 8.78 Å². The average Bonchev–Trinajstić information content (AvgIpc) is 2.26. The number of aliphatic carboxylic acids is 1. The van der Waals surface area contributed by atoms with Gasteiger partial charge in [0, 0.05) is 12.8 Å². The van der Waals surface area contributed by atoms with Gasteiger partial charge in [-0.3, -0.25) is 4.79 Å². The predicted octanol–water partition coefficient (Wildman–Crippen LogP) is 2.50. The van der Waals surface area contributed by atoms with Crippen molar-refractivity contribution in [1.82, 2.24) is 5.32 Å². The number of halogens is 3. The summed E-state index contributed by atoms with van der Waals surface area (Å²) in [6, 6.07) is 7.08. The molecule has 0 aliphatic rings. The maximum Gasteiger partial charge on any atom is 0.320 e. The first-order valence-electron chi connectivity index (χ1n) is 5.26. The Hall–Kier alpha value is -1.01. The molecule has 1 rings (SSSR count). The maximum atomic E-state index is 13.6. The summed E-state index contributed by atoms with van der Waals surface area (Å²) < 4.78 is 27.2. The van der Waals surface area contributed by atoms with Crippen molar-refractivity contribution in [2.24, 2.45) is 0 Å². The van der Waals surface area contributed by atoms with Crippen molar-refractivity contribution < 1.29 is 18.7 Å². The van der Waals surface area contributed by atoms with Crippen LogP contribution in [0.2, 0.25) is 0 Å². The number of nitrogens with one attached hydrogen (secondary N) is 1. The summed E-state index contributed by atoms with van der Waals surface area (Å²) in [6.07, 6.45) is -1.16. The Balaban J connectivity index is 0.00000289. The Morgan fingerprint density at radius 2 is 1.94 bits per heavy atom. The molecule has 1 aromatic carbocycles. The zero-order valence-electron chi connectivity index (χ0n) is 9.90. The van der Waals surface area contributed by atoms with E-state index >= 15 is 0 Å². The van der Waals surface area contributed by atoms with Crippen LogP contribution < -0.4 is 5.32 Å². The largest absolute Gasteiger partial charge is 0.480 e. The molecule has 0 saturated heterocycles. The third-order valence-electron chi connectivity index (χ3n) is 2.45. The van der Waals surface area contributed by atoms with E-state index in [1.165, 1.54) is 7.05 Å². The number of alkyl halides is 2. The van der Waals surface area contributed by atoms with Crippen LogP contribution in [-0.2, 0) is 11.2 Å². The fraction of sp³-hybridized carbons (Fsp3) is 0.417. The van der Waals surface area contributed by atoms with E-state index in [0.717, 1.165) is 0 Å². The second-order valence-corrected chi connectivity index (χ2v) is 3.90. The molecule has 6 heteroatoms. The van der Waals surface area contributed by atoms with Crippen molar-refractivity contribution >= 4 is 23.0 Å². The number of carboxylic acid groups (broad SMARTS) is 1. The summed E-state index contributed by atoms with van der Waals surface area (Å²) in [5.41, 5.74) is 0.498. The summed E-state index contributed by atoms with van der Waals surface area (Å²) in [6.45, 7) is 0. The van der Waals surface area contributed by atoms with Crippen molar-refractivity contribution in [3.63, 3.8) is 0 Å². The summed E-state index contributed by atoms with van der Waals surface area (Å²) in [5.74, 6) is -4.30. The van der Waals surface area contributed by atoms with Crippen molar-refractivity contribution in [1.29, 1.82) is 0 Å². The Labute approximate surface area is 115 Å². The zero-order valence-corrected chi connectivity index (χ0v) is 11.6. The highest BCUT2D eigenvalue weighted by Gasteiger charge is 2.35. The molecule has 0 spiro atoms. The first-order chi connectivity index (χ1) is 7.94. The zero-order chi connectivity index (χ0) is 12.9. The van der Waals surface area contributed by atoms with Crippen LogP contribution in [0.5, 0.6) is 0 Å². The summed E-state index contributed by atoms with van der Waals surface area (Å²) >= 11 is 0. The number of benzene rings is 1. The van der Waals surface area contributed by atoms with Gasteiger partial charge in [0.25, 0.3) is 5.92 Å². The lowest BCUT2D eigenvalue weighted by atomic mass is 10.0. The van der Waals surface area contributed by atoms with Crippen LogP contribution in [0.15, 0.2) is 30.3 Å². The van der Waals surface area contributed by atoms with E-state index in [9.17, 15) is 13.6 Å². The Morgan fingerprint density at radius 1 is 1.39 bits per heavy atom. The molecule has 0 aromatic heterocycles. The van der Waals surface area contributed by atoms with E-state index in [1.54, 1.807) is 30.3 Å². The average molecular weight is 324 g/mol. The first-order valence-corrected chi connectivity index (χ1v) is 5.26. The lowest BCUT2D eigenvalue weighted by Crippen LogP contribution is -2.40. The molecule has 0 bridgehead atoms. The molecule has 102 valence electrons. The topological polar surface area (TPSA) is 49.3 Å². The number of carboxylic acids is 1. The number of carbonyl (C=O) groups is 1. The van der Waals surface area contributed by atoms with E-state index in [0.29, 0.717) is 5.56 Å². The molecule has 1 unspecified atom stereocenters. The van der Waals surface area contributed by atoms with Gasteiger partial charge in [-0.1, -0.05) is 30.3 Å². The van der Waals surface area contributed by atoms with E-state index in [4.69, 9.17) is 5.11 Å². The Morgan fingerprint density at radius 3 is 2.39 bits per heavy atom. The number of rotatable bonds is 6. The third kappa shape index (κ3) is 5.55. The molecule has 18 heavy (non-hydrogen) atoms. The highest BCUT2D eigenvalue weighted by atomic mass is 79.9. The summed E-state index contributed by atoms with van der Waals surface area (Å²) in [7, 11) is 1.36. The molecule has 0 aliphatic heterocycles. The third-order valence-corrected chi connectivity index (χ3v) is 2.45. The molecule has 0 aliphatic carbocycles. The van der Waals surface area contributed by atoms with Crippen molar-refractivity contribution in [2.75, 3.05) is 7.05 Å². The van der Waals surface area contributed by atoms with Crippen LogP contribution in [0.3, 0.4) is 0 Å². The molecular weight excluding hydrogens is 308 g/mol. The van der Waals surface area contributed by atoms with Crippen molar-refractivity contribution in [3.8, 4) is 0 Å². The molecule has 0 radical (unpaired) electrons. The van der Waals surface area contributed by atoms with Crippen LogP contribution in [0.25, 0.3) is 0 Å². The molecule has 3 nitrogen and oxygen atoms in total. The molecule has 0 saturated carbocycles. The molecule has 1 aromatic rings. The van der Waals surface area contributed by atoms with Gasteiger partial charge < -0.3 is 10.4 Å². The van der Waals surface area contributed by atoms with Gasteiger partial charge in [0.1, 0.15) is 6.04 Å². The molecule has 0 heterocycles. The monoisotopic (exact) mass is 323 g/mol. The van der Waals surface area contributed by atoms with Gasteiger partial charge in [-0.15, -0.1) is 17.0 Å². The van der Waals surface area contributed by atoms with Gasteiger partial charge in [-0.05, 0) is 12.6 Å². The standard InChI is InChI=1S/C12H15F2NO2.BrH/c1-15-10(11(16)17)8-12(13,14)7-9-5-3-2-4-6-9;/h2-6,10,15H,7-8H2,1H3,(H,16,17);1H. The predicted molar refractivity (Wildman–Crippen MR) is 70.5 cm³/mol. The maximum absolute atomic E-state index is 13.6. The van der Waals surface area contributed by atoms with E-state index < -0.39 is 30.8 Å². The number of hydrogen-bond donors (Lipinski definition) is 2. The van der Waals surface area contributed by atoms with Gasteiger partial charge in [-0.2, -0.15) is 0 Å². The lowest BCUT2D eigenvalue weighted by Gasteiger charge is -2.20. The van der Waals surface area contributed by atoms with Gasteiger partial charge >= 0.3 is 5.97 Å². The molecule has 0 fully saturated rings. The van der Waals surface area contributed by atoms with E-state index in [2.05, 4.69) is 5.32 Å². The molecule has 0 amide bonds. The summed E-state index contributed by atoms with van der Waals surface area (Å²) in [4.78, 5) is 10.7. The minimum atomic E-state index is -3.03. The second kappa shape index (κ2) is 7.43. The van der Waals surface area contributed by atoms with Crippen molar-refractivity contribution in [2.45, 2.75) is 24.8 Å². The number of hydrogen-bond acceptors (Lipinski definition) is 2. The van der Waals surface area contributed by atoms with Crippen LogP contribution in [-0.4, -0.2) is 30.1 Å². The van der Waals surface area contributed by atoms with Crippen LogP contribution in [0.1, 0.15) is 12.0 Å². The first kappa shape index (κ1) is 17.0. The van der Waals surface area contributed by atoms with Gasteiger partial charge in [0.05, 0.1) is 0 Å². The fourth-order valence-corrected chi connectivity index (χ4v) is 1.58. The summed E-state index contributed by atoms with van der Waals surface area (Å²) in [5, 5.41) is 11.1. The smallest absolute Gasteiger partial charge is 0.320 e. The van der Waals surface area contributed by atoms with E-state index in [1.807, 2.05) is 0 Å². The van der Waals surface area contributed by atoms with Crippen LogP contribution >= 0.6 is 17.0 Å². The minimum absolute atomic E-state index is 0. The van der Waals surface area contributed by atoms with Gasteiger partial charge in [0.2, 0.25) is 0 Å². The number of likely N-dealkylation sites (N-methyl/N-ethyl adjacent to an activating group) is 1. The molecule has 1 atom stereocenters. The Bertz CT molecular complexity index is 374. The lowest BCUT2D eigenvalue weighted by molar-refractivity contribution is -0.142. The van der Waals surface area contributed by atoms with Crippen LogP contribution in [0, 0.1) is 0 Å². The van der Waals surface area contributed by atoms with E-state index in [-0.39, 0.29) is 17.0 Å².